The van der Waals surface area contributed by atoms with E-state index in [4.69, 9.17) is 4.74 Å². The predicted octanol–water partition coefficient (Wildman–Crippen LogP) is 1.86. The second kappa shape index (κ2) is 9.65. The van der Waals surface area contributed by atoms with Crippen LogP contribution in [0.25, 0.3) is 17.0 Å². The number of rotatable bonds is 8. The molecule has 4 aromatic rings. The molecule has 4 rings (SSSR count). The molecule has 0 unspecified atom stereocenters. The maximum atomic E-state index is 13.5. The predicted molar refractivity (Wildman–Crippen MR) is 113 cm³/mol. The van der Waals surface area contributed by atoms with E-state index in [1.165, 1.54) is 16.6 Å². The molecule has 2 aromatic heterocycles. The van der Waals surface area contributed by atoms with E-state index in [1.807, 2.05) is 6.07 Å². The summed E-state index contributed by atoms with van der Waals surface area (Å²) in [5.74, 6) is -0.373. The van der Waals surface area contributed by atoms with Gasteiger partial charge in [0.15, 0.2) is 11.5 Å². The number of amides is 2. The Bertz CT molecular complexity index is 1240. The number of aromatic nitrogens is 4. The molecule has 0 radical (unpaired) electrons. The Morgan fingerprint density at radius 2 is 1.81 bits per heavy atom. The fourth-order valence-electron chi connectivity index (χ4n) is 2.92. The van der Waals surface area contributed by atoms with Crippen molar-refractivity contribution in [3.8, 4) is 17.3 Å². The standard InChI is InChI=1S/C22H19FN6O3/c23-17-8-4-7-16(13-17)21-27-26-18-9-10-20(28-29(18)21)32-12-11-24-19(30)14-25-22(31)15-5-2-1-3-6-15/h1-10,13H,11-12,14H2,(H,24,30)(H,25,31). The highest BCUT2D eigenvalue weighted by atomic mass is 19.1. The van der Waals surface area contributed by atoms with Gasteiger partial charge in [0.2, 0.25) is 11.8 Å². The van der Waals surface area contributed by atoms with Crippen LogP contribution in [-0.4, -0.2) is 51.3 Å². The number of hydrogen-bond donors (Lipinski definition) is 2. The minimum atomic E-state index is -0.387. The van der Waals surface area contributed by atoms with Gasteiger partial charge in [-0.1, -0.05) is 30.3 Å². The largest absolute Gasteiger partial charge is 0.475 e. The van der Waals surface area contributed by atoms with E-state index < -0.39 is 0 Å². The fourth-order valence-corrected chi connectivity index (χ4v) is 2.92. The van der Waals surface area contributed by atoms with Gasteiger partial charge in [-0.3, -0.25) is 9.59 Å². The summed E-state index contributed by atoms with van der Waals surface area (Å²) in [6, 6.07) is 17.9. The Balaban J connectivity index is 1.28. The average Bonchev–Trinajstić information content (AvgIpc) is 3.24. The van der Waals surface area contributed by atoms with Crippen molar-refractivity contribution in [1.29, 1.82) is 0 Å². The van der Waals surface area contributed by atoms with Crippen molar-refractivity contribution >= 4 is 17.5 Å². The van der Waals surface area contributed by atoms with Gasteiger partial charge >= 0.3 is 0 Å². The first-order valence-electron chi connectivity index (χ1n) is 9.81. The Morgan fingerprint density at radius 1 is 0.969 bits per heavy atom. The molecule has 2 amide bonds. The molecule has 9 nitrogen and oxygen atoms in total. The van der Waals surface area contributed by atoms with Crippen LogP contribution in [0.3, 0.4) is 0 Å². The molecule has 0 aliphatic rings. The van der Waals surface area contributed by atoms with Gasteiger partial charge in [0.05, 0.1) is 13.1 Å². The van der Waals surface area contributed by atoms with Crippen LogP contribution in [0.4, 0.5) is 4.39 Å². The van der Waals surface area contributed by atoms with E-state index in [1.54, 1.807) is 48.5 Å². The van der Waals surface area contributed by atoms with Gasteiger partial charge in [-0.15, -0.1) is 15.3 Å². The van der Waals surface area contributed by atoms with E-state index in [-0.39, 0.29) is 37.3 Å². The first-order valence-corrected chi connectivity index (χ1v) is 9.81. The summed E-state index contributed by atoms with van der Waals surface area (Å²) in [6.45, 7) is 0.239. The third-order valence-corrected chi connectivity index (χ3v) is 4.44. The highest BCUT2D eigenvalue weighted by Gasteiger charge is 2.11. The molecule has 0 aliphatic carbocycles. The number of nitrogens with zero attached hydrogens (tertiary/aromatic N) is 4. The third-order valence-electron chi connectivity index (χ3n) is 4.44. The highest BCUT2D eigenvalue weighted by Crippen LogP contribution is 2.19. The van der Waals surface area contributed by atoms with E-state index >= 15 is 0 Å². The topological polar surface area (TPSA) is 111 Å². The molecule has 0 spiro atoms. The van der Waals surface area contributed by atoms with Crippen LogP contribution in [0.2, 0.25) is 0 Å². The van der Waals surface area contributed by atoms with Crippen molar-refractivity contribution in [2.45, 2.75) is 0 Å². The number of fused-ring (bicyclic) bond motifs is 1. The summed E-state index contributed by atoms with van der Waals surface area (Å²) < 4.78 is 20.6. The van der Waals surface area contributed by atoms with Crippen LogP contribution in [0.15, 0.2) is 66.7 Å². The summed E-state index contributed by atoms with van der Waals surface area (Å²) in [4.78, 5) is 23.9. The molecule has 0 saturated heterocycles. The van der Waals surface area contributed by atoms with Crippen molar-refractivity contribution in [2.75, 3.05) is 19.7 Å². The Kier molecular flexibility index (Phi) is 6.30. The van der Waals surface area contributed by atoms with Crippen LogP contribution < -0.4 is 15.4 Å². The van der Waals surface area contributed by atoms with Crippen LogP contribution in [-0.2, 0) is 4.79 Å². The van der Waals surface area contributed by atoms with Gasteiger partial charge in [-0.25, -0.2) is 4.39 Å². The molecule has 162 valence electrons. The maximum absolute atomic E-state index is 13.5. The lowest BCUT2D eigenvalue weighted by Gasteiger charge is -2.08. The van der Waals surface area contributed by atoms with Crippen LogP contribution in [0.5, 0.6) is 5.88 Å². The summed E-state index contributed by atoms with van der Waals surface area (Å²) in [6.07, 6.45) is 0. The van der Waals surface area contributed by atoms with E-state index in [9.17, 15) is 14.0 Å². The first kappa shape index (κ1) is 20.9. The molecule has 10 heteroatoms. The smallest absolute Gasteiger partial charge is 0.251 e. The van der Waals surface area contributed by atoms with Gasteiger partial charge in [-0.05, 0) is 30.3 Å². The fraction of sp³-hybridized carbons (Fsp3) is 0.136. The van der Waals surface area contributed by atoms with Gasteiger partial charge in [0, 0.05) is 17.2 Å². The van der Waals surface area contributed by atoms with Crippen LogP contribution in [0, 0.1) is 5.82 Å². The zero-order valence-corrected chi connectivity index (χ0v) is 16.9. The zero-order chi connectivity index (χ0) is 22.3. The lowest BCUT2D eigenvalue weighted by molar-refractivity contribution is -0.120. The minimum absolute atomic E-state index is 0.143. The van der Waals surface area contributed by atoms with Gasteiger partial charge in [0.1, 0.15) is 12.4 Å². The number of ether oxygens (including phenoxy) is 1. The molecule has 0 atom stereocenters. The Morgan fingerprint density at radius 3 is 2.62 bits per heavy atom. The number of nitrogens with one attached hydrogen (secondary N) is 2. The number of hydrogen-bond acceptors (Lipinski definition) is 6. The molecule has 0 bridgehead atoms. The molecular formula is C22H19FN6O3. The van der Waals surface area contributed by atoms with E-state index in [2.05, 4.69) is 25.9 Å². The van der Waals surface area contributed by atoms with Crippen molar-refractivity contribution < 1.29 is 18.7 Å². The van der Waals surface area contributed by atoms with Gasteiger partial charge in [0.25, 0.3) is 5.91 Å². The monoisotopic (exact) mass is 434 g/mol. The molecule has 0 aliphatic heterocycles. The van der Waals surface area contributed by atoms with E-state index in [0.717, 1.165) is 0 Å². The number of carbonyl (C=O) groups is 2. The molecule has 0 saturated carbocycles. The zero-order valence-electron chi connectivity index (χ0n) is 16.9. The lowest BCUT2D eigenvalue weighted by Crippen LogP contribution is -2.38. The quantitative estimate of drug-likeness (QED) is 0.410. The Hall–Kier alpha value is -4.34. The second-order valence-corrected chi connectivity index (χ2v) is 6.72. The van der Waals surface area contributed by atoms with Crippen molar-refractivity contribution in [1.82, 2.24) is 30.4 Å². The minimum Gasteiger partial charge on any atom is -0.475 e. The van der Waals surface area contributed by atoms with Crippen LogP contribution >= 0.6 is 0 Å². The number of halogens is 1. The summed E-state index contributed by atoms with van der Waals surface area (Å²) in [7, 11) is 0. The highest BCUT2D eigenvalue weighted by molar-refractivity contribution is 5.96. The Labute approximate surface area is 182 Å². The summed E-state index contributed by atoms with van der Waals surface area (Å²) >= 11 is 0. The summed E-state index contributed by atoms with van der Waals surface area (Å²) in [5, 5.41) is 17.6. The normalized spacial score (nSPS) is 10.7. The molecule has 32 heavy (non-hydrogen) atoms. The SMILES string of the molecule is O=C(CNC(=O)c1ccccc1)NCCOc1ccc2nnc(-c3cccc(F)c3)n2n1. The lowest BCUT2D eigenvalue weighted by atomic mass is 10.2. The molecule has 2 heterocycles. The second-order valence-electron chi connectivity index (χ2n) is 6.72. The van der Waals surface area contributed by atoms with Crippen LogP contribution in [0.1, 0.15) is 10.4 Å². The summed E-state index contributed by atoms with van der Waals surface area (Å²) in [5.41, 5.74) is 1.50. The molecule has 2 N–H and O–H groups in total. The first-order chi connectivity index (χ1) is 15.6. The van der Waals surface area contributed by atoms with Crippen molar-refractivity contribution in [3.63, 3.8) is 0 Å². The number of benzene rings is 2. The molecule has 2 aromatic carbocycles. The molecule has 0 fully saturated rings. The van der Waals surface area contributed by atoms with Gasteiger partial charge in [-0.2, -0.15) is 4.52 Å². The van der Waals surface area contributed by atoms with Gasteiger partial charge < -0.3 is 15.4 Å². The molecular weight excluding hydrogens is 415 g/mol. The average molecular weight is 434 g/mol. The maximum Gasteiger partial charge on any atom is 0.251 e. The van der Waals surface area contributed by atoms with Crippen molar-refractivity contribution in [2.24, 2.45) is 0 Å². The van der Waals surface area contributed by atoms with E-state index in [0.29, 0.717) is 28.5 Å². The number of carbonyl (C=O) groups excluding carboxylic acids is 2. The van der Waals surface area contributed by atoms with Crippen molar-refractivity contribution in [3.05, 3.63) is 78.1 Å². The third kappa shape index (κ3) is 5.04.